The van der Waals surface area contributed by atoms with Crippen molar-refractivity contribution in [2.45, 2.75) is 81.2 Å². The molecule has 4 saturated heterocycles. The van der Waals surface area contributed by atoms with Crippen LogP contribution in [0.5, 0.6) is 0 Å². The summed E-state index contributed by atoms with van der Waals surface area (Å²) in [6.45, 7) is 1.04. The molecule has 5 nitrogen and oxygen atoms in total. The summed E-state index contributed by atoms with van der Waals surface area (Å²) in [4.78, 5) is 26.6. The first-order chi connectivity index (χ1) is 12.7. The molecular weight excluding hydrogens is 346 g/mol. The topological polar surface area (TPSA) is 61.4 Å². The zero-order chi connectivity index (χ0) is 17.7. The van der Waals surface area contributed by atoms with Crippen molar-refractivity contribution in [3.8, 4) is 0 Å². The number of nitrogens with zero attached hydrogens (tertiary/aromatic N) is 1. The minimum absolute atomic E-state index is 0.00851. The third kappa shape index (κ3) is 3.23. The molecule has 0 spiro atoms. The lowest BCUT2D eigenvalue weighted by molar-refractivity contribution is -0.134. The molecule has 6 rings (SSSR count). The Morgan fingerprint density at radius 2 is 1.81 bits per heavy atom. The van der Waals surface area contributed by atoms with Gasteiger partial charge >= 0.3 is 6.03 Å². The number of rotatable bonds is 5. The van der Waals surface area contributed by atoms with Gasteiger partial charge in [-0.25, -0.2) is 4.79 Å². The molecule has 6 fully saturated rings. The molecule has 2 saturated carbocycles. The van der Waals surface area contributed by atoms with E-state index in [1.807, 2.05) is 11.8 Å². The highest BCUT2D eigenvalue weighted by Crippen LogP contribution is 2.47. The van der Waals surface area contributed by atoms with Crippen molar-refractivity contribution in [3.63, 3.8) is 0 Å². The number of hydrogen-bond donors (Lipinski definition) is 2. The van der Waals surface area contributed by atoms with Gasteiger partial charge in [-0.2, -0.15) is 11.8 Å². The maximum Gasteiger partial charge on any atom is 0.315 e. The van der Waals surface area contributed by atoms with E-state index in [0.29, 0.717) is 35.7 Å². The van der Waals surface area contributed by atoms with Crippen LogP contribution >= 0.6 is 11.8 Å². The quantitative estimate of drug-likeness (QED) is 0.572. The predicted molar refractivity (Wildman–Crippen MR) is 103 cm³/mol. The summed E-state index contributed by atoms with van der Waals surface area (Å²) < 4.78 is 0. The van der Waals surface area contributed by atoms with E-state index in [4.69, 9.17) is 0 Å². The van der Waals surface area contributed by atoms with Gasteiger partial charge in [0, 0.05) is 30.0 Å². The standard InChI is InChI=1S/C20H31N3O2S/c24-18(23-10-14-6-12-5-13(7-14)9-15(23)8-12)4-2-1-3-17-19-16(11-26-17)21-20(25)22-19/h12-17,19H,1-11H2,(H2,21,22,25). The Balaban J connectivity index is 1.09. The third-order valence-electron chi connectivity index (χ3n) is 7.49. The van der Waals surface area contributed by atoms with Crippen LogP contribution in [-0.2, 0) is 4.79 Å². The maximum absolute atomic E-state index is 12.9. The minimum atomic E-state index is -0.00851. The van der Waals surface area contributed by atoms with Crippen LogP contribution in [0.4, 0.5) is 4.79 Å². The van der Waals surface area contributed by atoms with Gasteiger partial charge in [-0.15, -0.1) is 0 Å². The van der Waals surface area contributed by atoms with Crippen molar-refractivity contribution in [3.05, 3.63) is 0 Å². The predicted octanol–water partition coefficient (Wildman–Crippen LogP) is 2.75. The molecule has 2 aliphatic carbocycles. The van der Waals surface area contributed by atoms with Crippen molar-refractivity contribution in [2.24, 2.45) is 17.8 Å². The number of carbonyl (C=O) groups excluding carboxylic acids is 2. The first-order valence-electron chi connectivity index (χ1n) is 10.6. The Kier molecular flexibility index (Phi) is 4.58. The van der Waals surface area contributed by atoms with Gasteiger partial charge in [-0.3, -0.25) is 4.79 Å². The molecule has 5 unspecified atom stereocenters. The van der Waals surface area contributed by atoms with E-state index < -0.39 is 0 Å². The van der Waals surface area contributed by atoms with Crippen LogP contribution in [-0.4, -0.2) is 52.5 Å². The van der Waals surface area contributed by atoms with Gasteiger partial charge in [0.25, 0.3) is 0 Å². The van der Waals surface area contributed by atoms with Crippen LogP contribution in [0.3, 0.4) is 0 Å². The molecule has 5 atom stereocenters. The lowest BCUT2D eigenvalue weighted by Gasteiger charge is -2.39. The number of nitrogens with one attached hydrogen (secondary N) is 2. The van der Waals surface area contributed by atoms with E-state index in [2.05, 4.69) is 15.5 Å². The third-order valence-corrected chi connectivity index (χ3v) is 9.00. The number of carbonyl (C=O) groups is 2. The van der Waals surface area contributed by atoms with Crippen LogP contribution in [0.25, 0.3) is 0 Å². The monoisotopic (exact) mass is 377 g/mol. The molecule has 6 heteroatoms. The number of thioether (sulfide) groups is 1. The molecule has 0 aromatic carbocycles. The van der Waals surface area contributed by atoms with Crippen molar-refractivity contribution in [2.75, 3.05) is 12.3 Å². The molecule has 4 heterocycles. The highest BCUT2D eigenvalue weighted by Gasteiger charge is 2.44. The fourth-order valence-electron chi connectivity index (χ4n) is 6.50. The van der Waals surface area contributed by atoms with Gasteiger partial charge in [-0.1, -0.05) is 6.42 Å². The summed E-state index contributed by atoms with van der Waals surface area (Å²) in [6, 6.07) is 1.14. The van der Waals surface area contributed by atoms with Crippen LogP contribution < -0.4 is 10.6 Å². The van der Waals surface area contributed by atoms with Gasteiger partial charge in [0.1, 0.15) is 0 Å². The van der Waals surface area contributed by atoms with Gasteiger partial charge in [-0.05, 0) is 62.7 Å². The summed E-state index contributed by atoms with van der Waals surface area (Å²) >= 11 is 1.97. The summed E-state index contributed by atoms with van der Waals surface area (Å²) in [5, 5.41) is 6.57. The summed E-state index contributed by atoms with van der Waals surface area (Å²) in [7, 11) is 0. The molecule has 26 heavy (non-hydrogen) atoms. The van der Waals surface area contributed by atoms with Gasteiger partial charge in [0.05, 0.1) is 12.1 Å². The number of fused-ring (bicyclic) bond motifs is 2. The van der Waals surface area contributed by atoms with Crippen LogP contribution in [0.1, 0.15) is 57.8 Å². The van der Waals surface area contributed by atoms with E-state index in [-0.39, 0.29) is 6.03 Å². The van der Waals surface area contributed by atoms with E-state index in [1.54, 1.807) is 0 Å². The molecule has 4 bridgehead atoms. The second kappa shape index (κ2) is 6.92. The number of urea groups is 1. The lowest BCUT2D eigenvalue weighted by Crippen LogP contribution is -2.42. The largest absolute Gasteiger partial charge is 0.339 e. The molecule has 4 aliphatic heterocycles. The zero-order valence-corrected chi connectivity index (χ0v) is 16.3. The Hall–Kier alpha value is -0.910. The molecular formula is C20H31N3O2S. The maximum atomic E-state index is 12.9. The highest BCUT2D eigenvalue weighted by molar-refractivity contribution is 8.00. The first-order valence-corrected chi connectivity index (χ1v) is 11.7. The second-order valence-electron chi connectivity index (χ2n) is 9.34. The Labute approximate surface area is 160 Å². The summed E-state index contributed by atoms with van der Waals surface area (Å²) in [5.41, 5.74) is 0. The minimum Gasteiger partial charge on any atom is -0.339 e. The van der Waals surface area contributed by atoms with Crippen molar-refractivity contribution >= 4 is 23.7 Å². The Bertz CT molecular complexity index is 571. The van der Waals surface area contributed by atoms with E-state index in [0.717, 1.165) is 49.3 Å². The first kappa shape index (κ1) is 17.2. The fourth-order valence-corrected chi connectivity index (χ4v) is 8.04. The highest BCUT2D eigenvalue weighted by atomic mass is 32.2. The summed E-state index contributed by atoms with van der Waals surface area (Å²) in [6.07, 6.45) is 10.6. The fraction of sp³-hybridized carbons (Fsp3) is 0.900. The number of amides is 3. The average Bonchev–Trinajstić information content (AvgIpc) is 3.07. The molecule has 144 valence electrons. The normalized spacial score (nSPS) is 43.2. The molecule has 0 radical (unpaired) electrons. The molecule has 6 aliphatic rings. The second-order valence-corrected chi connectivity index (χ2v) is 10.6. The number of unbranched alkanes of at least 4 members (excludes halogenated alkanes) is 1. The van der Waals surface area contributed by atoms with E-state index in [9.17, 15) is 9.59 Å². The molecule has 3 amide bonds. The Morgan fingerprint density at radius 1 is 1.04 bits per heavy atom. The lowest BCUT2D eigenvalue weighted by atomic mass is 9.68. The molecule has 0 aromatic rings. The van der Waals surface area contributed by atoms with Crippen molar-refractivity contribution in [1.82, 2.24) is 15.5 Å². The van der Waals surface area contributed by atoms with E-state index in [1.165, 1.54) is 32.1 Å². The Morgan fingerprint density at radius 3 is 2.62 bits per heavy atom. The number of hydrogen-bond acceptors (Lipinski definition) is 3. The van der Waals surface area contributed by atoms with Gasteiger partial charge < -0.3 is 15.5 Å². The van der Waals surface area contributed by atoms with Crippen LogP contribution in [0.2, 0.25) is 0 Å². The van der Waals surface area contributed by atoms with Crippen molar-refractivity contribution < 1.29 is 9.59 Å². The zero-order valence-electron chi connectivity index (χ0n) is 15.5. The van der Waals surface area contributed by atoms with Gasteiger partial charge in [0.2, 0.25) is 5.91 Å². The molecule has 0 aromatic heterocycles. The SMILES string of the molecule is O=C1NC2CSC(CCCCC(=O)N3CC4CC5CC(C4)CC3C5)C2N1. The summed E-state index contributed by atoms with van der Waals surface area (Å²) in [5.74, 6) is 4.01. The van der Waals surface area contributed by atoms with E-state index >= 15 is 0 Å². The van der Waals surface area contributed by atoms with Gasteiger partial charge in [0.15, 0.2) is 0 Å². The van der Waals surface area contributed by atoms with Crippen LogP contribution in [0, 0.1) is 17.8 Å². The van der Waals surface area contributed by atoms with Crippen molar-refractivity contribution in [1.29, 1.82) is 0 Å². The molecule has 2 N–H and O–H groups in total. The average molecular weight is 378 g/mol. The van der Waals surface area contributed by atoms with Crippen LogP contribution in [0.15, 0.2) is 0 Å². The smallest absolute Gasteiger partial charge is 0.315 e.